The van der Waals surface area contributed by atoms with Gasteiger partial charge in [0.25, 0.3) is 0 Å². The lowest BCUT2D eigenvalue weighted by atomic mass is 9.96. The van der Waals surface area contributed by atoms with Crippen molar-refractivity contribution in [2.45, 2.75) is 19.4 Å². The Morgan fingerprint density at radius 1 is 1.20 bits per heavy atom. The lowest BCUT2D eigenvalue weighted by Gasteiger charge is -2.27. The predicted octanol–water partition coefficient (Wildman–Crippen LogP) is 3.37. The van der Waals surface area contributed by atoms with Crippen molar-refractivity contribution in [3.8, 4) is 5.75 Å². The van der Waals surface area contributed by atoms with Crippen LogP contribution in [0.25, 0.3) is 0 Å². The Bertz CT molecular complexity index is 729. The zero-order valence-electron chi connectivity index (χ0n) is 14.4. The Morgan fingerprint density at radius 2 is 1.96 bits per heavy atom. The van der Waals surface area contributed by atoms with Crippen LogP contribution in [0.3, 0.4) is 0 Å². The quantitative estimate of drug-likeness (QED) is 0.906. The topological polar surface area (TPSA) is 41.6 Å². The first-order chi connectivity index (χ1) is 12.1. The molecule has 0 atom stereocenters. The first kappa shape index (κ1) is 17.4. The zero-order chi connectivity index (χ0) is 17.6. The number of hydrogen-bond acceptors (Lipinski definition) is 3. The van der Waals surface area contributed by atoms with Crippen molar-refractivity contribution in [2.24, 2.45) is 5.92 Å². The minimum absolute atomic E-state index is 0.0723. The minimum atomic E-state index is -0.276. The first-order valence-electron chi connectivity index (χ1n) is 8.59. The van der Waals surface area contributed by atoms with Gasteiger partial charge in [-0.1, -0.05) is 18.2 Å². The molecule has 0 unspecified atom stereocenters. The lowest BCUT2D eigenvalue weighted by molar-refractivity contribution is -0.122. The molecule has 0 aliphatic carbocycles. The summed E-state index contributed by atoms with van der Waals surface area (Å²) in [6.45, 7) is 2.06. The van der Waals surface area contributed by atoms with Gasteiger partial charge in [0.15, 0.2) is 0 Å². The second-order valence-electron chi connectivity index (χ2n) is 6.34. The van der Waals surface area contributed by atoms with Crippen molar-refractivity contribution < 1.29 is 13.9 Å². The van der Waals surface area contributed by atoms with Gasteiger partial charge >= 0.3 is 0 Å². The Hall–Kier alpha value is -2.40. The molecule has 2 aromatic rings. The molecule has 3 rings (SSSR count). The number of halogens is 1. The summed E-state index contributed by atoms with van der Waals surface area (Å²) in [5.41, 5.74) is 1.57. The molecule has 0 radical (unpaired) electrons. The standard InChI is InChI=1S/C20H23FN2O2/c1-23(20(24)16-8-10-22-11-9-16)18-6-3-7-19(13-18)25-14-15-4-2-5-17(21)12-15/h2-7,12-13,16,22H,8-11,14H2,1H3. The number of ether oxygens (including phenoxy) is 1. The van der Waals surface area contributed by atoms with Crippen LogP contribution in [0.15, 0.2) is 48.5 Å². The molecule has 1 saturated heterocycles. The van der Waals surface area contributed by atoms with E-state index in [9.17, 15) is 9.18 Å². The second-order valence-corrected chi connectivity index (χ2v) is 6.34. The highest BCUT2D eigenvalue weighted by Gasteiger charge is 2.24. The van der Waals surface area contributed by atoms with Crippen LogP contribution in [0, 0.1) is 11.7 Å². The maximum absolute atomic E-state index is 13.2. The summed E-state index contributed by atoms with van der Waals surface area (Å²) in [7, 11) is 1.80. The molecule has 1 fully saturated rings. The third-order valence-electron chi connectivity index (χ3n) is 4.52. The molecule has 0 bridgehead atoms. The van der Waals surface area contributed by atoms with Crippen LogP contribution in [0.4, 0.5) is 10.1 Å². The number of nitrogens with zero attached hydrogens (tertiary/aromatic N) is 1. The third kappa shape index (κ3) is 4.57. The summed E-state index contributed by atoms with van der Waals surface area (Å²) in [4.78, 5) is 14.3. The Balaban J connectivity index is 1.65. The molecular formula is C20H23FN2O2. The molecule has 132 valence electrons. The van der Waals surface area contributed by atoms with Crippen molar-refractivity contribution in [2.75, 3.05) is 25.0 Å². The molecule has 1 heterocycles. The Morgan fingerprint density at radius 3 is 2.72 bits per heavy atom. The van der Waals surface area contributed by atoms with E-state index in [0.717, 1.165) is 37.2 Å². The van der Waals surface area contributed by atoms with Crippen LogP contribution in [0.1, 0.15) is 18.4 Å². The van der Waals surface area contributed by atoms with E-state index in [1.165, 1.54) is 12.1 Å². The molecule has 0 spiro atoms. The average molecular weight is 342 g/mol. The number of nitrogens with one attached hydrogen (secondary N) is 1. The smallest absolute Gasteiger partial charge is 0.229 e. The zero-order valence-corrected chi connectivity index (χ0v) is 14.4. The van der Waals surface area contributed by atoms with Crippen LogP contribution in [-0.2, 0) is 11.4 Å². The fraction of sp³-hybridized carbons (Fsp3) is 0.350. The maximum atomic E-state index is 13.2. The van der Waals surface area contributed by atoms with Crippen LogP contribution >= 0.6 is 0 Å². The molecule has 0 aromatic heterocycles. The molecule has 2 aromatic carbocycles. The van der Waals surface area contributed by atoms with Gasteiger partial charge in [0, 0.05) is 24.7 Å². The SMILES string of the molecule is CN(C(=O)C1CCNCC1)c1cccc(OCc2cccc(F)c2)c1. The van der Waals surface area contributed by atoms with Gasteiger partial charge in [-0.3, -0.25) is 4.79 Å². The predicted molar refractivity (Wildman–Crippen MR) is 96.2 cm³/mol. The van der Waals surface area contributed by atoms with Crippen molar-refractivity contribution in [3.63, 3.8) is 0 Å². The number of carbonyl (C=O) groups excluding carboxylic acids is 1. The van der Waals surface area contributed by atoms with Gasteiger partial charge < -0.3 is 15.0 Å². The maximum Gasteiger partial charge on any atom is 0.229 e. The number of carbonyl (C=O) groups is 1. The van der Waals surface area contributed by atoms with E-state index in [2.05, 4.69) is 5.32 Å². The summed E-state index contributed by atoms with van der Waals surface area (Å²) < 4.78 is 19.0. The molecule has 1 aliphatic heterocycles. The van der Waals surface area contributed by atoms with Crippen LogP contribution in [0.2, 0.25) is 0 Å². The van der Waals surface area contributed by atoms with Gasteiger partial charge in [0.2, 0.25) is 5.91 Å². The molecule has 25 heavy (non-hydrogen) atoms. The lowest BCUT2D eigenvalue weighted by Crippen LogP contribution is -2.39. The first-order valence-corrected chi connectivity index (χ1v) is 8.59. The number of piperidine rings is 1. The summed E-state index contributed by atoms with van der Waals surface area (Å²) >= 11 is 0. The molecule has 1 amide bonds. The fourth-order valence-electron chi connectivity index (χ4n) is 3.05. The second kappa shape index (κ2) is 8.12. The normalized spacial score (nSPS) is 15.0. The Kier molecular flexibility index (Phi) is 5.66. The average Bonchev–Trinajstić information content (AvgIpc) is 2.66. The van der Waals surface area contributed by atoms with Crippen LogP contribution in [0.5, 0.6) is 5.75 Å². The summed E-state index contributed by atoms with van der Waals surface area (Å²) in [6, 6.07) is 13.8. The molecular weight excluding hydrogens is 319 g/mol. The number of rotatable bonds is 5. The minimum Gasteiger partial charge on any atom is -0.489 e. The summed E-state index contributed by atoms with van der Waals surface area (Å²) in [5, 5.41) is 3.28. The molecule has 1 aliphatic rings. The highest BCUT2D eigenvalue weighted by Crippen LogP contribution is 2.24. The van der Waals surface area contributed by atoms with Crippen molar-refractivity contribution in [1.82, 2.24) is 5.32 Å². The molecule has 1 N–H and O–H groups in total. The van der Waals surface area contributed by atoms with Crippen molar-refractivity contribution >= 4 is 11.6 Å². The van der Waals surface area contributed by atoms with Gasteiger partial charge in [0.1, 0.15) is 18.2 Å². The van der Waals surface area contributed by atoms with Crippen LogP contribution < -0.4 is 15.0 Å². The molecule has 0 saturated carbocycles. The number of anilines is 1. The van der Waals surface area contributed by atoms with Crippen LogP contribution in [-0.4, -0.2) is 26.0 Å². The van der Waals surface area contributed by atoms with E-state index in [-0.39, 0.29) is 24.2 Å². The van der Waals surface area contributed by atoms with E-state index >= 15 is 0 Å². The monoisotopic (exact) mass is 342 g/mol. The van der Waals surface area contributed by atoms with E-state index < -0.39 is 0 Å². The third-order valence-corrected chi connectivity index (χ3v) is 4.52. The van der Waals surface area contributed by atoms with Gasteiger partial charge in [0.05, 0.1) is 0 Å². The number of benzene rings is 2. The fourth-order valence-corrected chi connectivity index (χ4v) is 3.05. The van der Waals surface area contributed by atoms with Gasteiger partial charge in [-0.25, -0.2) is 4.39 Å². The van der Waals surface area contributed by atoms with E-state index in [4.69, 9.17) is 4.74 Å². The van der Waals surface area contributed by atoms with Crippen molar-refractivity contribution in [1.29, 1.82) is 0 Å². The van der Waals surface area contributed by atoms with Gasteiger partial charge in [-0.15, -0.1) is 0 Å². The summed E-state index contributed by atoms with van der Waals surface area (Å²) in [5.74, 6) is 0.598. The molecule has 5 heteroatoms. The highest BCUT2D eigenvalue weighted by molar-refractivity contribution is 5.94. The van der Waals surface area contributed by atoms with E-state index in [1.54, 1.807) is 18.0 Å². The largest absolute Gasteiger partial charge is 0.489 e. The van der Waals surface area contributed by atoms with Crippen molar-refractivity contribution in [3.05, 3.63) is 59.9 Å². The van der Waals surface area contributed by atoms with E-state index in [0.29, 0.717) is 5.75 Å². The Labute approximate surface area is 147 Å². The highest BCUT2D eigenvalue weighted by atomic mass is 19.1. The number of amides is 1. The number of hydrogen-bond donors (Lipinski definition) is 1. The van der Waals surface area contributed by atoms with Gasteiger partial charge in [-0.2, -0.15) is 0 Å². The van der Waals surface area contributed by atoms with Gasteiger partial charge in [-0.05, 0) is 55.8 Å². The summed E-state index contributed by atoms with van der Waals surface area (Å²) in [6.07, 6.45) is 1.75. The van der Waals surface area contributed by atoms with E-state index in [1.807, 2.05) is 30.3 Å². The molecule has 4 nitrogen and oxygen atoms in total.